The van der Waals surface area contributed by atoms with E-state index in [-0.39, 0.29) is 4.90 Å². The number of primary sulfonamides is 1. The van der Waals surface area contributed by atoms with Crippen molar-refractivity contribution in [2.75, 3.05) is 0 Å². The summed E-state index contributed by atoms with van der Waals surface area (Å²) in [6.45, 7) is 1.93. The van der Waals surface area contributed by atoms with E-state index < -0.39 is 10.0 Å². The summed E-state index contributed by atoms with van der Waals surface area (Å²) in [4.78, 5) is 0.206. The van der Waals surface area contributed by atoms with E-state index in [0.717, 1.165) is 16.7 Å². The van der Waals surface area contributed by atoms with Gasteiger partial charge in [-0.15, -0.1) is 0 Å². The van der Waals surface area contributed by atoms with Crippen LogP contribution in [0.2, 0.25) is 0 Å². The maximum atomic E-state index is 11.5. The molecule has 0 aliphatic rings. The van der Waals surface area contributed by atoms with E-state index in [2.05, 4.69) is 0 Å². The second kappa shape index (κ2) is 4.92. The molecule has 0 unspecified atom stereocenters. The van der Waals surface area contributed by atoms with Crippen LogP contribution >= 0.6 is 0 Å². The first-order chi connectivity index (χ1) is 8.47. The molecule has 0 radical (unpaired) electrons. The monoisotopic (exact) mass is 261 g/mol. The van der Waals surface area contributed by atoms with Gasteiger partial charge in [-0.1, -0.05) is 48.0 Å². The van der Waals surface area contributed by atoms with Crippen molar-refractivity contribution >= 4 is 10.0 Å². The third-order valence-electron chi connectivity index (χ3n) is 2.76. The van der Waals surface area contributed by atoms with Crippen molar-refractivity contribution in [3.8, 4) is 0 Å². The van der Waals surface area contributed by atoms with E-state index in [1.165, 1.54) is 0 Å². The molecule has 0 saturated carbocycles. The lowest BCUT2D eigenvalue weighted by atomic mass is 10.0. The molecule has 0 fully saturated rings. The van der Waals surface area contributed by atoms with Crippen molar-refractivity contribution in [1.82, 2.24) is 0 Å². The van der Waals surface area contributed by atoms with Crippen LogP contribution in [0.1, 0.15) is 16.7 Å². The summed E-state index contributed by atoms with van der Waals surface area (Å²) in [5.74, 6) is 0. The van der Waals surface area contributed by atoms with Gasteiger partial charge >= 0.3 is 0 Å². The molecule has 4 heteroatoms. The molecule has 3 nitrogen and oxygen atoms in total. The Kier molecular flexibility index (Phi) is 3.50. The lowest BCUT2D eigenvalue weighted by Crippen LogP contribution is -2.14. The number of hydrogen-bond donors (Lipinski definition) is 1. The van der Waals surface area contributed by atoms with E-state index in [0.29, 0.717) is 6.42 Å². The summed E-state index contributed by atoms with van der Waals surface area (Å²) in [6.07, 6.45) is 0.564. The van der Waals surface area contributed by atoms with Gasteiger partial charge < -0.3 is 0 Å². The minimum Gasteiger partial charge on any atom is -0.225 e. The SMILES string of the molecule is Cc1ccc(S(N)(=O)=O)c(Cc2ccccc2)c1. The van der Waals surface area contributed by atoms with Gasteiger partial charge in [0.1, 0.15) is 0 Å². The first kappa shape index (κ1) is 12.8. The molecule has 0 aliphatic carbocycles. The molecule has 0 aliphatic heterocycles. The van der Waals surface area contributed by atoms with Gasteiger partial charge in [0, 0.05) is 0 Å². The summed E-state index contributed by atoms with van der Waals surface area (Å²) in [6, 6.07) is 14.9. The van der Waals surface area contributed by atoms with E-state index in [4.69, 9.17) is 5.14 Å². The lowest BCUT2D eigenvalue weighted by molar-refractivity contribution is 0.597. The number of benzene rings is 2. The second-order valence-corrected chi connectivity index (χ2v) is 5.85. The largest absolute Gasteiger partial charge is 0.238 e. The standard InChI is InChI=1S/C14H15NO2S/c1-11-7-8-14(18(15,16)17)13(9-11)10-12-5-3-2-4-6-12/h2-9H,10H2,1H3,(H2,15,16,17). The predicted molar refractivity (Wildman–Crippen MR) is 71.8 cm³/mol. The van der Waals surface area contributed by atoms with Crippen molar-refractivity contribution < 1.29 is 8.42 Å². The molecule has 0 heterocycles. The maximum absolute atomic E-state index is 11.5. The average Bonchev–Trinajstić information content (AvgIpc) is 2.28. The maximum Gasteiger partial charge on any atom is 0.238 e. The number of rotatable bonds is 3. The minimum absolute atomic E-state index is 0.206. The Balaban J connectivity index is 2.47. The van der Waals surface area contributed by atoms with Crippen LogP contribution in [0.25, 0.3) is 0 Å². The number of nitrogens with two attached hydrogens (primary N) is 1. The van der Waals surface area contributed by atoms with Gasteiger partial charge in [0.15, 0.2) is 0 Å². The molecule has 0 amide bonds. The van der Waals surface area contributed by atoms with Crippen molar-refractivity contribution in [3.05, 3.63) is 65.2 Å². The van der Waals surface area contributed by atoms with E-state index in [9.17, 15) is 8.42 Å². The van der Waals surface area contributed by atoms with Crippen LogP contribution < -0.4 is 5.14 Å². The quantitative estimate of drug-likeness (QED) is 0.921. The van der Waals surface area contributed by atoms with Crippen LogP contribution in [0.5, 0.6) is 0 Å². The molecule has 2 rings (SSSR count). The molecule has 94 valence electrons. The normalized spacial score (nSPS) is 11.4. The Morgan fingerprint density at radius 2 is 1.72 bits per heavy atom. The first-order valence-electron chi connectivity index (χ1n) is 5.63. The smallest absolute Gasteiger partial charge is 0.225 e. The van der Waals surface area contributed by atoms with E-state index in [1.54, 1.807) is 12.1 Å². The summed E-state index contributed by atoms with van der Waals surface area (Å²) in [5.41, 5.74) is 2.82. The molecule has 0 saturated heterocycles. The van der Waals surface area contributed by atoms with Crippen LogP contribution in [0.15, 0.2) is 53.4 Å². The fraction of sp³-hybridized carbons (Fsp3) is 0.143. The molecular formula is C14H15NO2S. The van der Waals surface area contributed by atoms with Gasteiger partial charge in [-0.2, -0.15) is 0 Å². The van der Waals surface area contributed by atoms with Gasteiger partial charge in [0.05, 0.1) is 4.90 Å². The first-order valence-corrected chi connectivity index (χ1v) is 7.18. The number of sulfonamides is 1. The highest BCUT2D eigenvalue weighted by molar-refractivity contribution is 7.89. The van der Waals surface area contributed by atoms with Gasteiger partial charge in [0.2, 0.25) is 10.0 Å². The van der Waals surface area contributed by atoms with E-state index in [1.807, 2.05) is 43.3 Å². The average molecular weight is 261 g/mol. The highest BCUT2D eigenvalue weighted by Gasteiger charge is 2.13. The highest BCUT2D eigenvalue weighted by atomic mass is 32.2. The summed E-state index contributed by atoms with van der Waals surface area (Å²) in [5, 5.41) is 5.23. The molecular weight excluding hydrogens is 246 g/mol. The molecule has 0 atom stereocenters. The van der Waals surface area contributed by atoms with Crippen LogP contribution in [0, 0.1) is 6.92 Å². The van der Waals surface area contributed by atoms with Crippen molar-refractivity contribution in [1.29, 1.82) is 0 Å². The predicted octanol–water partition coefficient (Wildman–Crippen LogP) is 2.23. The molecule has 18 heavy (non-hydrogen) atoms. The van der Waals surface area contributed by atoms with E-state index >= 15 is 0 Å². The summed E-state index contributed by atoms with van der Waals surface area (Å²) in [7, 11) is -3.67. The van der Waals surface area contributed by atoms with Crippen molar-refractivity contribution in [2.45, 2.75) is 18.2 Å². The zero-order valence-electron chi connectivity index (χ0n) is 10.1. The van der Waals surface area contributed by atoms with Gasteiger partial charge in [-0.3, -0.25) is 0 Å². The molecule has 2 N–H and O–H groups in total. The Labute approximate surface area is 107 Å². The topological polar surface area (TPSA) is 60.2 Å². The Hall–Kier alpha value is -1.65. The van der Waals surface area contributed by atoms with Gasteiger partial charge in [-0.05, 0) is 30.5 Å². The van der Waals surface area contributed by atoms with Crippen molar-refractivity contribution in [2.24, 2.45) is 5.14 Å². The van der Waals surface area contributed by atoms with Crippen LogP contribution in [0.4, 0.5) is 0 Å². The Bertz CT molecular complexity index is 649. The minimum atomic E-state index is -3.67. The zero-order chi connectivity index (χ0) is 13.2. The highest BCUT2D eigenvalue weighted by Crippen LogP contribution is 2.19. The Morgan fingerprint density at radius 3 is 2.33 bits per heavy atom. The molecule has 0 bridgehead atoms. The summed E-state index contributed by atoms with van der Waals surface area (Å²) >= 11 is 0. The molecule has 2 aromatic rings. The van der Waals surface area contributed by atoms with Crippen LogP contribution in [0.3, 0.4) is 0 Å². The van der Waals surface area contributed by atoms with Gasteiger partial charge in [0.25, 0.3) is 0 Å². The third kappa shape index (κ3) is 2.97. The Morgan fingerprint density at radius 1 is 1.06 bits per heavy atom. The fourth-order valence-corrected chi connectivity index (χ4v) is 2.69. The number of aryl methyl sites for hydroxylation is 1. The fourth-order valence-electron chi connectivity index (χ4n) is 1.94. The second-order valence-electron chi connectivity index (χ2n) is 4.32. The van der Waals surface area contributed by atoms with Crippen LogP contribution in [-0.2, 0) is 16.4 Å². The van der Waals surface area contributed by atoms with Crippen molar-refractivity contribution in [3.63, 3.8) is 0 Å². The summed E-state index contributed by atoms with van der Waals surface area (Å²) < 4.78 is 23.1. The molecule has 0 spiro atoms. The number of hydrogen-bond acceptors (Lipinski definition) is 2. The molecule has 0 aromatic heterocycles. The lowest BCUT2D eigenvalue weighted by Gasteiger charge is -2.09. The van der Waals surface area contributed by atoms with Gasteiger partial charge in [-0.25, -0.2) is 13.6 Å². The molecule has 2 aromatic carbocycles. The van der Waals surface area contributed by atoms with Crippen LogP contribution in [-0.4, -0.2) is 8.42 Å². The zero-order valence-corrected chi connectivity index (χ0v) is 10.9. The third-order valence-corrected chi connectivity index (χ3v) is 3.77.